The zero-order valence-electron chi connectivity index (χ0n) is 9.56. The molecule has 1 saturated heterocycles. The van der Waals surface area contributed by atoms with Crippen molar-refractivity contribution in [3.05, 3.63) is 29.8 Å². The van der Waals surface area contributed by atoms with Crippen LogP contribution in [0, 0.1) is 0 Å². The lowest BCUT2D eigenvalue weighted by Crippen LogP contribution is -2.17. The molecular formula is C13H18O3. The molecule has 2 atom stereocenters. The van der Waals surface area contributed by atoms with Gasteiger partial charge < -0.3 is 14.6 Å². The van der Waals surface area contributed by atoms with Gasteiger partial charge in [0.15, 0.2) is 0 Å². The van der Waals surface area contributed by atoms with Crippen LogP contribution in [-0.2, 0) is 4.74 Å². The summed E-state index contributed by atoms with van der Waals surface area (Å²) in [5, 5.41) is 9.19. The first-order chi connectivity index (χ1) is 7.81. The molecule has 1 heterocycles. The van der Waals surface area contributed by atoms with Gasteiger partial charge in [-0.1, -0.05) is 25.1 Å². The summed E-state index contributed by atoms with van der Waals surface area (Å²) in [5.41, 5.74) is 1.07. The van der Waals surface area contributed by atoms with Crippen molar-refractivity contribution >= 4 is 0 Å². The van der Waals surface area contributed by atoms with Crippen molar-refractivity contribution in [2.45, 2.75) is 25.4 Å². The number of hydrogen-bond acceptors (Lipinski definition) is 3. The second-order valence-electron chi connectivity index (χ2n) is 4.22. The summed E-state index contributed by atoms with van der Waals surface area (Å²) in [6.45, 7) is 3.58. The molecule has 0 spiro atoms. The lowest BCUT2D eigenvalue weighted by atomic mass is 10.0. The van der Waals surface area contributed by atoms with Crippen LogP contribution in [0.2, 0.25) is 0 Å². The first-order valence-electron chi connectivity index (χ1n) is 5.75. The minimum atomic E-state index is 0.110. The minimum absolute atomic E-state index is 0.110. The summed E-state index contributed by atoms with van der Waals surface area (Å²) in [6.07, 6.45) is 1.11. The predicted molar refractivity (Wildman–Crippen MR) is 61.8 cm³/mol. The Hall–Kier alpha value is -1.06. The highest BCUT2D eigenvalue weighted by atomic mass is 16.5. The van der Waals surface area contributed by atoms with Crippen LogP contribution in [0.4, 0.5) is 0 Å². The molecule has 0 aromatic heterocycles. The fourth-order valence-electron chi connectivity index (χ4n) is 1.88. The van der Waals surface area contributed by atoms with E-state index < -0.39 is 0 Å². The Bertz CT molecular complexity index is 332. The molecular weight excluding hydrogens is 204 g/mol. The monoisotopic (exact) mass is 222 g/mol. The average Bonchev–Trinajstić information content (AvgIpc) is 2.82. The van der Waals surface area contributed by atoms with E-state index in [4.69, 9.17) is 9.47 Å². The fraction of sp³-hybridized carbons (Fsp3) is 0.538. The van der Waals surface area contributed by atoms with E-state index in [2.05, 4.69) is 0 Å². The van der Waals surface area contributed by atoms with E-state index in [-0.39, 0.29) is 18.6 Å². The third-order valence-electron chi connectivity index (χ3n) is 2.91. The van der Waals surface area contributed by atoms with Gasteiger partial charge in [-0.05, 0) is 11.6 Å². The Labute approximate surface area is 96.0 Å². The molecule has 3 nitrogen and oxygen atoms in total. The molecule has 0 aliphatic carbocycles. The smallest absolute Gasteiger partial charge is 0.124 e. The number of ether oxygens (including phenoxy) is 2. The second-order valence-corrected chi connectivity index (χ2v) is 4.22. The first-order valence-corrected chi connectivity index (χ1v) is 5.75. The SMILES string of the molecule is CC(CO)c1ccccc1OC1CCOC1. The number of hydrogen-bond donors (Lipinski definition) is 1. The van der Waals surface area contributed by atoms with E-state index in [9.17, 15) is 5.11 Å². The van der Waals surface area contributed by atoms with Gasteiger partial charge in [-0.15, -0.1) is 0 Å². The van der Waals surface area contributed by atoms with Crippen LogP contribution in [-0.4, -0.2) is 31.0 Å². The van der Waals surface area contributed by atoms with Crippen molar-refractivity contribution in [2.24, 2.45) is 0 Å². The van der Waals surface area contributed by atoms with Crippen LogP contribution in [0.3, 0.4) is 0 Å². The van der Waals surface area contributed by atoms with Crippen molar-refractivity contribution in [3.63, 3.8) is 0 Å². The molecule has 2 unspecified atom stereocenters. The molecule has 1 aromatic rings. The van der Waals surface area contributed by atoms with Gasteiger partial charge in [0, 0.05) is 18.9 Å². The maximum Gasteiger partial charge on any atom is 0.124 e. The summed E-state index contributed by atoms with van der Waals surface area (Å²) in [5.74, 6) is 0.984. The van der Waals surface area contributed by atoms with Crippen molar-refractivity contribution in [1.82, 2.24) is 0 Å². The quantitative estimate of drug-likeness (QED) is 0.846. The maximum absolute atomic E-state index is 9.19. The molecule has 1 fully saturated rings. The van der Waals surface area contributed by atoms with E-state index in [1.165, 1.54) is 0 Å². The third kappa shape index (κ3) is 2.54. The molecule has 0 radical (unpaired) electrons. The Kier molecular flexibility index (Phi) is 3.80. The molecule has 0 amide bonds. The minimum Gasteiger partial charge on any atom is -0.488 e. The van der Waals surface area contributed by atoms with Gasteiger partial charge in [0.05, 0.1) is 13.2 Å². The van der Waals surface area contributed by atoms with Gasteiger partial charge in [0.2, 0.25) is 0 Å². The van der Waals surface area contributed by atoms with E-state index in [0.29, 0.717) is 6.61 Å². The molecule has 3 heteroatoms. The number of aliphatic hydroxyl groups excluding tert-OH is 1. The highest BCUT2D eigenvalue weighted by Gasteiger charge is 2.19. The fourth-order valence-corrected chi connectivity index (χ4v) is 1.88. The van der Waals surface area contributed by atoms with Crippen LogP contribution in [0.25, 0.3) is 0 Å². The van der Waals surface area contributed by atoms with E-state index >= 15 is 0 Å². The summed E-state index contributed by atoms with van der Waals surface area (Å²) in [7, 11) is 0. The second kappa shape index (κ2) is 5.32. The van der Waals surface area contributed by atoms with Crippen molar-refractivity contribution in [3.8, 4) is 5.75 Å². The molecule has 88 valence electrons. The average molecular weight is 222 g/mol. The number of para-hydroxylation sites is 1. The normalized spacial score (nSPS) is 22.0. The van der Waals surface area contributed by atoms with Gasteiger partial charge in [0.25, 0.3) is 0 Å². The van der Waals surface area contributed by atoms with Crippen LogP contribution in [0.15, 0.2) is 24.3 Å². The molecule has 0 saturated carbocycles. The summed E-state index contributed by atoms with van der Waals surface area (Å²) < 4.78 is 11.2. The van der Waals surface area contributed by atoms with Crippen molar-refractivity contribution < 1.29 is 14.6 Å². The topological polar surface area (TPSA) is 38.7 Å². The Morgan fingerprint density at radius 2 is 2.31 bits per heavy atom. The predicted octanol–water partition coefficient (Wildman–Crippen LogP) is 1.95. The summed E-state index contributed by atoms with van der Waals surface area (Å²) >= 11 is 0. The van der Waals surface area contributed by atoms with Gasteiger partial charge in [0.1, 0.15) is 11.9 Å². The largest absolute Gasteiger partial charge is 0.488 e. The zero-order chi connectivity index (χ0) is 11.4. The van der Waals surface area contributed by atoms with Crippen LogP contribution >= 0.6 is 0 Å². The molecule has 1 aromatic carbocycles. The zero-order valence-corrected chi connectivity index (χ0v) is 9.56. The van der Waals surface area contributed by atoms with Gasteiger partial charge in [-0.2, -0.15) is 0 Å². The van der Waals surface area contributed by atoms with E-state index in [1.54, 1.807) is 0 Å². The van der Waals surface area contributed by atoms with Gasteiger partial charge in [-0.25, -0.2) is 0 Å². The third-order valence-corrected chi connectivity index (χ3v) is 2.91. The number of rotatable bonds is 4. The van der Waals surface area contributed by atoms with E-state index in [1.807, 2.05) is 31.2 Å². The maximum atomic E-state index is 9.19. The number of benzene rings is 1. The molecule has 1 aliphatic heterocycles. The highest BCUT2D eigenvalue weighted by Crippen LogP contribution is 2.28. The first kappa shape index (κ1) is 11.4. The lowest BCUT2D eigenvalue weighted by Gasteiger charge is -2.18. The standard InChI is InChI=1S/C13H18O3/c1-10(8-14)12-4-2-3-5-13(12)16-11-6-7-15-9-11/h2-5,10-11,14H,6-9H2,1H3. The summed E-state index contributed by atoms with van der Waals surface area (Å²) in [4.78, 5) is 0. The Morgan fingerprint density at radius 3 is 3.00 bits per heavy atom. The van der Waals surface area contributed by atoms with Crippen molar-refractivity contribution in [1.29, 1.82) is 0 Å². The molecule has 2 rings (SSSR count). The van der Waals surface area contributed by atoms with Gasteiger partial charge in [-0.3, -0.25) is 0 Å². The Morgan fingerprint density at radius 1 is 1.50 bits per heavy atom. The summed E-state index contributed by atoms with van der Waals surface area (Å²) in [6, 6.07) is 7.89. The highest BCUT2D eigenvalue weighted by molar-refractivity contribution is 5.36. The van der Waals surface area contributed by atoms with Gasteiger partial charge >= 0.3 is 0 Å². The van der Waals surface area contributed by atoms with Crippen molar-refractivity contribution in [2.75, 3.05) is 19.8 Å². The molecule has 0 bridgehead atoms. The molecule has 1 aliphatic rings. The number of aliphatic hydroxyl groups is 1. The van der Waals surface area contributed by atoms with E-state index in [0.717, 1.165) is 24.3 Å². The lowest BCUT2D eigenvalue weighted by molar-refractivity contribution is 0.140. The van der Waals surface area contributed by atoms with Crippen LogP contribution < -0.4 is 4.74 Å². The van der Waals surface area contributed by atoms with Crippen LogP contribution in [0.5, 0.6) is 5.75 Å². The van der Waals surface area contributed by atoms with Crippen LogP contribution in [0.1, 0.15) is 24.8 Å². The molecule has 16 heavy (non-hydrogen) atoms. The molecule has 1 N–H and O–H groups in total. The Balaban J connectivity index is 2.12.